The number of nitro benzene ring substituents is 1. The van der Waals surface area contributed by atoms with Crippen LogP contribution in [-0.4, -0.2) is 30.7 Å². The molecule has 0 N–H and O–H groups in total. The zero-order valence-electron chi connectivity index (χ0n) is 8.81. The largest absolute Gasteiger partial charge is 0.269 e. The zero-order valence-corrected chi connectivity index (χ0v) is 9.63. The van der Waals surface area contributed by atoms with Gasteiger partial charge in [-0.3, -0.25) is 10.1 Å². The Morgan fingerprint density at radius 3 is 2.12 bits per heavy atom. The second kappa shape index (κ2) is 4.27. The van der Waals surface area contributed by atoms with Crippen molar-refractivity contribution in [3.05, 3.63) is 46.5 Å². The van der Waals surface area contributed by atoms with Crippen molar-refractivity contribution in [3.63, 3.8) is 0 Å². The lowest BCUT2D eigenvalue weighted by Crippen LogP contribution is -2.28. The average Bonchev–Trinajstić information content (AvgIpc) is 2.83. The van der Waals surface area contributed by atoms with Crippen LogP contribution in [0.4, 0.5) is 5.69 Å². The Hall–Kier alpha value is -1.73. The van der Waals surface area contributed by atoms with E-state index in [-0.39, 0.29) is 10.6 Å². The van der Waals surface area contributed by atoms with Crippen molar-refractivity contribution in [3.8, 4) is 0 Å². The molecule has 17 heavy (non-hydrogen) atoms. The van der Waals surface area contributed by atoms with Crippen molar-refractivity contribution in [2.45, 2.75) is 4.90 Å². The van der Waals surface area contributed by atoms with Gasteiger partial charge in [-0.2, -0.15) is 4.31 Å². The molecule has 1 aliphatic heterocycles. The lowest BCUT2D eigenvalue weighted by molar-refractivity contribution is -0.384. The molecule has 0 saturated carbocycles. The topological polar surface area (TPSA) is 80.5 Å². The minimum Gasteiger partial charge on any atom is -0.258 e. The van der Waals surface area contributed by atoms with Crippen molar-refractivity contribution >= 4 is 15.7 Å². The summed E-state index contributed by atoms with van der Waals surface area (Å²) in [7, 11) is -3.53. The summed E-state index contributed by atoms with van der Waals surface area (Å²) in [6.45, 7) is 0.693. The molecule has 0 spiro atoms. The first kappa shape index (κ1) is 11.7. The summed E-state index contributed by atoms with van der Waals surface area (Å²) >= 11 is 0. The molecule has 0 aromatic heterocycles. The summed E-state index contributed by atoms with van der Waals surface area (Å²) in [4.78, 5) is 9.97. The first-order valence-electron chi connectivity index (χ1n) is 4.91. The summed E-state index contributed by atoms with van der Waals surface area (Å²) in [5, 5.41) is 10.5. The van der Waals surface area contributed by atoms with Gasteiger partial charge in [0, 0.05) is 25.2 Å². The lowest BCUT2D eigenvalue weighted by atomic mass is 10.3. The fourth-order valence-corrected chi connectivity index (χ4v) is 2.89. The van der Waals surface area contributed by atoms with Gasteiger partial charge in [-0.25, -0.2) is 8.42 Å². The third-order valence-electron chi connectivity index (χ3n) is 2.47. The van der Waals surface area contributed by atoms with Gasteiger partial charge in [0.1, 0.15) is 0 Å². The molecule has 90 valence electrons. The van der Waals surface area contributed by atoms with Crippen LogP contribution in [-0.2, 0) is 10.0 Å². The van der Waals surface area contributed by atoms with Gasteiger partial charge in [0.05, 0.1) is 9.82 Å². The third kappa shape index (κ3) is 2.20. The van der Waals surface area contributed by atoms with Gasteiger partial charge in [0.25, 0.3) is 5.69 Å². The molecule has 7 heteroatoms. The Morgan fingerprint density at radius 2 is 1.65 bits per heavy atom. The van der Waals surface area contributed by atoms with Gasteiger partial charge < -0.3 is 0 Å². The summed E-state index contributed by atoms with van der Waals surface area (Å²) in [5.74, 6) is 0. The predicted octanol–water partition coefficient (Wildman–Crippen LogP) is 1.16. The van der Waals surface area contributed by atoms with E-state index in [1.165, 1.54) is 28.6 Å². The Morgan fingerprint density at radius 1 is 1.12 bits per heavy atom. The molecule has 1 heterocycles. The third-order valence-corrected chi connectivity index (χ3v) is 4.32. The van der Waals surface area contributed by atoms with E-state index < -0.39 is 14.9 Å². The van der Waals surface area contributed by atoms with E-state index in [1.807, 2.05) is 0 Å². The van der Waals surface area contributed by atoms with Crippen LogP contribution in [0.2, 0.25) is 0 Å². The molecule has 0 bridgehead atoms. The maximum absolute atomic E-state index is 12.0. The van der Waals surface area contributed by atoms with Crippen LogP contribution in [0.5, 0.6) is 0 Å². The molecule has 1 aromatic carbocycles. The number of nitro groups is 1. The van der Waals surface area contributed by atoms with Crippen LogP contribution in [0.3, 0.4) is 0 Å². The van der Waals surface area contributed by atoms with Crippen molar-refractivity contribution in [2.75, 3.05) is 13.1 Å². The van der Waals surface area contributed by atoms with Crippen LogP contribution in [0, 0.1) is 10.1 Å². The molecule has 6 nitrogen and oxygen atoms in total. The molecule has 0 atom stereocenters. The predicted molar refractivity (Wildman–Crippen MR) is 61.0 cm³/mol. The molecule has 1 aliphatic rings. The van der Waals surface area contributed by atoms with E-state index >= 15 is 0 Å². The van der Waals surface area contributed by atoms with E-state index in [2.05, 4.69) is 0 Å². The fraction of sp³-hybridized carbons (Fsp3) is 0.200. The molecule has 0 saturated heterocycles. The van der Waals surface area contributed by atoms with E-state index in [4.69, 9.17) is 0 Å². The molecule has 2 rings (SSSR count). The summed E-state index contributed by atoms with van der Waals surface area (Å²) < 4.78 is 25.4. The first-order valence-corrected chi connectivity index (χ1v) is 6.35. The molecule has 0 radical (unpaired) electrons. The van der Waals surface area contributed by atoms with Crippen LogP contribution in [0.1, 0.15) is 0 Å². The highest BCUT2D eigenvalue weighted by Crippen LogP contribution is 2.20. The Balaban J connectivity index is 2.30. The number of sulfonamides is 1. The molecule has 0 fully saturated rings. The molecular weight excluding hydrogens is 244 g/mol. The number of non-ortho nitro benzene ring substituents is 1. The summed E-state index contributed by atoms with van der Waals surface area (Å²) in [5.41, 5.74) is -0.122. The molecular formula is C10H10N2O4S. The first-order chi connectivity index (χ1) is 8.01. The van der Waals surface area contributed by atoms with Crippen LogP contribution < -0.4 is 0 Å². The highest BCUT2D eigenvalue weighted by molar-refractivity contribution is 7.89. The normalized spacial score (nSPS) is 16.2. The average molecular weight is 254 g/mol. The summed E-state index contributed by atoms with van der Waals surface area (Å²) in [6, 6.07) is 4.89. The Labute approximate surface area is 98.4 Å². The monoisotopic (exact) mass is 254 g/mol. The minimum atomic E-state index is -3.53. The van der Waals surface area contributed by atoms with E-state index in [9.17, 15) is 18.5 Å². The SMILES string of the molecule is O=[N+]([O-])c1ccc(S(=O)(=O)N2CC=CC2)cc1. The number of hydrogen-bond donors (Lipinski definition) is 0. The second-order valence-electron chi connectivity index (χ2n) is 3.54. The summed E-state index contributed by atoms with van der Waals surface area (Å²) in [6.07, 6.45) is 3.53. The maximum Gasteiger partial charge on any atom is 0.269 e. The number of benzene rings is 1. The molecule has 1 aromatic rings. The highest BCUT2D eigenvalue weighted by atomic mass is 32.2. The van der Waals surface area contributed by atoms with Gasteiger partial charge in [-0.1, -0.05) is 12.2 Å². The van der Waals surface area contributed by atoms with Crippen molar-refractivity contribution < 1.29 is 13.3 Å². The van der Waals surface area contributed by atoms with Crippen LogP contribution in [0.15, 0.2) is 41.3 Å². The maximum atomic E-state index is 12.0. The zero-order chi connectivity index (χ0) is 12.5. The second-order valence-corrected chi connectivity index (χ2v) is 5.48. The van der Waals surface area contributed by atoms with Gasteiger partial charge in [-0.05, 0) is 12.1 Å². The van der Waals surface area contributed by atoms with E-state index in [0.717, 1.165) is 0 Å². The van der Waals surface area contributed by atoms with E-state index in [1.54, 1.807) is 12.2 Å². The number of hydrogen-bond acceptors (Lipinski definition) is 4. The van der Waals surface area contributed by atoms with Gasteiger partial charge >= 0.3 is 0 Å². The Bertz CT molecular complexity index is 554. The van der Waals surface area contributed by atoms with Gasteiger partial charge in [0.2, 0.25) is 10.0 Å². The van der Waals surface area contributed by atoms with Crippen molar-refractivity contribution in [2.24, 2.45) is 0 Å². The standard InChI is InChI=1S/C10H10N2O4S/c13-12(14)9-3-5-10(6-4-9)17(15,16)11-7-1-2-8-11/h1-6H,7-8H2. The van der Waals surface area contributed by atoms with E-state index in [0.29, 0.717) is 13.1 Å². The molecule has 0 unspecified atom stereocenters. The Kier molecular flexibility index (Phi) is 2.95. The van der Waals surface area contributed by atoms with Gasteiger partial charge in [0.15, 0.2) is 0 Å². The molecule has 0 amide bonds. The van der Waals surface area contributed by atoms with Crippen LogP contribution >= 0.6 is 0 Å². The smallest absolute Gasteiger partial charge is 0.258 e. The number of nitrogens with zero attached hydrogens (tertiary/aromatic N) is 2. The number of rotatable bonds is 3. The minimum absolute atomic E-state index is 0.0757. The van der Waals surface area contributed by atoms with Crippen LogP contribution in [0.25, 0.3) is 0 Å². The quantitative estimate of drug-likeness (QED) is 0.460. The lowest BCUT2D eigenvalue weighted by Gasteiger charge is -2.15. The highest BCUT2D eigenvalue weighted by Gasteiger charge is 2.25. The van der Waals surface area contributed by atoms with Gasteiger partial charge in [-0.15, -0.1) is 0 Å². The fourth-order valence-electron chi connectivity index (χ4n) is 1.54. The molecule has 0 aliphatic carbocycles. The van der Waals surface area contributed by atoms with Crippen molar-refractivity contribution in [1.82, 2.24) is 4.31 Å². The van der Waals surface area contributed by atoms with Crippen molar-refractivity contribution in [1.29, 1.82) is 0 Å².